The monoisotopic (exact) mass is 363 g/mol. The molecule has 7 nitrogen and oxygen atoms in total. The van der Waals surface area contributed by atoms with Gasteiger partial charge in [0.25, 0.3) is 0 Å². The number of rotatable bonds is 3. The van der Waals surface area contributed by atoms with Crippen LogP contribution in [-0.4, -0.2) is 59.3 Å². The van der Waals surface area contributed by atoms with Crippen molar-refractivity contribution in [3.63, 3.8) is 0 Å². The molecule has 0 aromatic carbocycles. The highest BCUT2D eigenvalue weighted by Crippen LogP contribution is 2.29. The first-order chi connectivity index (χ1) is 12.0. The molecule has 1 aromatic heterocycles. The molecule has 0 saturated carbocycles. The number of pyridine rings is 1. The van der Waals surface area contributed by atoms with Crippen LogP contribution in [0.15, 0.2) is 18.5 Å². The molecular formula is C19H29N3O4. The van der Waals surface area contributed by atoms with Gasteiger partial charge in [0.2, 0.25) is 0 Å². The predicted molar refractivity (Wildman–Crippen MR) is 99.4 cm³/mol. The molecule has 0 N–H and O–H groups in total. The molecule has 144 valence electrons. The Morgan fingerprint density at radius 3 is 2.54 bits per heavy atom. The molecule has 0 atom stereocenters. The SMILES string of the molecule is CCOC(=O)c1ccncc1N1CCN(C(=O)OC(C)(C)C)C(C)(C)C1. The highest BCUT2D eigenvalue weighted by Gasteiger charge is 2.39. The fraction of sp³-hybridized carbons (Fsp3) is 0.632. The van der Waals surface area contributed by atoms with E-state index in [1.54, 1.807) is 30.3 Å². The maximum absolute atomic E-state index is 12.5. The number of aromatic nitrogens is 1. The van der Waals surface area contributed by atoms with Crippen molar-refractivity contribution in [1.29, 1.82) is 0 Å². The molecule has 1 aromatic rings. The normalized spacial score (nSPS) is 17.0. The van der Waals surface area contributed by atoms with E-state index in [0.717, 1.165) is 5.69 Å². The van der Waals surface area contributed by atoms with Crippen LogP contribution in [0.2, 0.25) is 0 Å². The number of hydrogen-bond donors (Lipinski definition) is 0. The Morgan fingerprint density at radius 1 is 1.27 bits per heavy atom. The molecule has 7 heteroatoms. The van der Waals surface area contributed by atoms with E-state index in [4.69, 9.17) is 9.47 Å². The van der Waals surface area contributed by atoms with Crippen LogP contribution in [0.1, 0.15) is 51.9 Å². The molecule has 1 fully saturated rings. The first-order valence-corrected chi connectivity index (χ1v) is 8.92. The number of hydrogen-bond acceptors (Lipinski definition) is 6. The molecule has 1 amide bonds. The number of ether oxygens (including phenoxy) is 2. The van der Waals surface area contributed by atoms with Gasteiger partial charge in [-0.3, -0.25) is 9.88 Å². The zero-order chi connectivity index (χ0) is 19.5. The number of anilines is 1. The van der Waals surface area contributed by atoms with E-state index in [9.17, 15) is 9.59 Å². The molecule has 1 saturated heterocycles. The maximum atomic E-state index is 12.5. The molecule has 2 rings (SSSR count). The summed E-state index contributed by atoms with van der Waals surface area (Å²) < 4.78 is 10.7. The first-order valence-electron chi connectivity index (χ1n) is 8.92. The number of carbonyl (C=O) groups excluding carboxylic acids is 2. The molecule has 0 radical (unpaired) electrons. The zero-order valence-corrected chi connectivity index (χ0v) is 16.5. The number of piperazine rings is 1. The Bertz CT molecular complexity index is 667. The fourth-order valence-electron chi connectivity index (χ4n) is 3.04. The minimum atomic E-state index is -0.537. The molecule has 26 heavy (non-hydrogen) atoms. The van der Waals surface area contributed by atoms with Crippen molar-refractivity contribution in [3.05, 3.63) is 24.0 Å². The van der Waals surface area contributed by atoms with E-state index in [2.05, 4.69) is 9.88 Å². The summed E-state index contributed by atoms with van der Waals surface area (Å²) in [5, 5.41) is 0. The lowest BCUT2D eigenvalue weighted by atomic mass is 9.98. The number of esters is 1. The standard InChI is InChI=1S/C19H29N3O4/c1-7-25-16(23)14-8-9-20-12-15(14)21-10-11-22(19(5,6)13-21)17(24)26-18(2,3)4/h8-9,12H,7,10-11,13H2,1-6H3. The second-order valence-electron chi connectivity index (χ2n) is 7.98. The minimum absolute atomic E-state index is 0.318. The summed E-state index contributed by atoms with van der Waals surface area (Å²) in [7, 11) is 0. The number of nitrogens with zero attached hydrogens (tertiary/aromatic N) is 3. The van der Waals surface area contributed by atoms with Crippen LogP contribution in [0.5, 0.6) is 0 Å². The van der Waals surface area contributed by atoms with Gasteiger partial charge in [0, 0.05) is 25.8 Å². The van der Waals surface area contributed by atoms with Gasteiger partial charge >= 0.3 is 12.1 Å². The molecule has 1 aliphatic heterocycles. The average Bonchev–Trinajstić information content (AvgIpc) is 2.52. The van der Waals surface area contributed by atoms with E-state index in [1.165, 1.54) is 0 Å². The van der Waals surface area contributed by atoms with Crippen molar-refractivity contribution in [2.45, 2.75) is 52.7 Å². The minimum Gasteiger partial charge on any atom is -0.462 e. The van der Waals surface area contributed by atoms with Gasteiger partial charge in [-0.15, -0.1) is 0 Å². The van der Waals surface area contributed by atoms with Crippen molar-refractivity contribution < 1.29 is 19.1 Å². The van der Waals surface area contributed by atoms with Crippen molar-refractivity contribution in [2.24, 2.45) is 0 Å². The smallest absolute Gasteiger partial charge is 0.410 e. The third kappa shape index (κ3) is 4.65. The van der Waals surface area contributed by atoms with E-state index < -0.39 is 11.1 Å². The summed E-state index contributed by atoms with van der Waals surface area (Å²) in [5.41, 5.74) is 0.221. The van der Waals surface area contributed by atoms with E-state index in [0.29, 0.717) is 31.8 Å². The highest BCUT2D eigenvalue weighted by molar-refractivity contribution is 5.95. The highest BCUT2D eigenvalue weighted by atomic mass is 16.6. The van der Waals surface area contributed by atoms with Gasteiger partial charge < -0.3 is 14.4 Å². The van der Waals surface area contributed by atoms with Gasteiger partial charge in [-0.05, 0) is 47.6 Å². The van der Waals surface area contributed by atoms with Crippen molar-refractivity contribution in [1.82, 2.24) is 9.88 Å². The van der Waals surface area contributed by atoms with E-state index in [-0.39, 0.29) is 12.1 Å². The summed E-state index contributed by atoms with van der Waals surface area (Å²) in [4.78, 5) is 32.7. The van der Waals surface area contributed by atoms with Gasteiger partial charge in [0.1, 0.15) is 5.60 Å². The van der Waals surface area contributed by atoms with Crippen molar-refractivity contribution in [2.75, 3.05) is 31.1 Å². The van der Waals surface area contributed by atoms with Crippen LogP contribution in [0.25, 0.3) is 0 Å². The quantitative estimate of drug-likeness (QED) is 0.769. The lowest BCUT2D eigenvalue weighted by Gasteiger charge is -2.47. The predicted octanol–water partition coefficient (Wildman–Crippen LogP) is 3.09. The van der Waals surface area contributed by atoms with Crippen LogP contribution >= 0.6 is 0 Å². The Labute approximate surface area is 155 Å². The van der Waals surface area contributed by atoms with Gasteiger partial charge in [0.15, 0.2) is 0 Å². The number of carbonyl (C=O) groups is 2. The Kier molecular flexibility index (Phi) is 5.78. The Morgan fingerprint density at radius 2 is 1.96 bits per heavy atom. The molecule has 0 bridgehead atoms. The van der Waals surface area contributed by atoms with Gasteiger partial charge in [-0.25, -0.2) is 9.59 Å². The van der Waals surface area contributed by atoms with Crippen molar-refractivity contribution >= 4 is 17.7 Å². The molecule has 0 spiro atoms. The maximum Gasteiger partial charge on any atom is 0.410 e. The lowest BCUT2D eigenvalue weighted by molar-refractivity contribution is 0.000282. The fourth-order valence-corrected chi connectivity index (χ4v) is 3.04. The largest absolute Gasteiger partial charge is 0.462 e. The zero-order valence-electron chi connectivity index (χ0n) is 16.5. The third-order valence-corrected chi connectivity index (χ3v) is 4.15. The van der Waals surface area contributed by atoms with Crippen LogP contribution in [-0.2, 0) is 9.47 Å². The average molecular weight is 363 g/mol. The second-order valence-corrected chi connectivity index (χ2v) is 7.98. The van der Waals surface area contributed by atoms with Crippen LogP contribution < -0.4 is 4.90 Å². The third-order valence-electron chi connectivity index (χ3n) is 4.15. The van der Waals surface area contributed by atoms with Crippen LogP contribution in [0.4, 0.5) is 10.5 Å². The summed E-state index contributed by atoms with van der Waals surface area (Å²) in [5.74, 6) is -0.364. The summed E-state index contributed by atoms with van der Waals surface area (Å²) in [6.07, 6.45) is 2.93. The Balaban J connectivity index is 2.20. The number of amides is 1. The summed E-state index contributed by atoms with van der Waals surface area (Å²) in [6.45, 7) is 13.3. The first kappa shape index (κ1) is 20.0. The van der Waals surface area contributed by atoms with Gasteiger partial charge in [-0.2, -0.15) is 0 Å². The van der Waals surface area contributed by atoms with Crippen molar-refractivity contribution in [3.8, 4) is 0 Å². The van der Waals surface area contributed by atoms with E-state index in [1.807, 2.05) is 34.6 Å². The molecule has 0 aliphatic carbocycles. The van der Waals surface area contributed by atoms with Crippen LogP contribution in [0.3, 0.4) is 0 Å². The van der Waals surface area contributed by atoms with Gasteiger partial charge in [0.05, 0.1) is 29.6 Å². The van der Waals surface area contributed by atoms with Crippen LogP contribution in [0, 0.1) is 0 Å². The second kappa shape index (κ2) is 7.51. The van der Waals surface area contributed by atoms with Gasteiger partial charge in [-0.1, -0.05) is 0 Å². The molecule has 0 unspecified atom stereocenters. The lowest BCUT2D eigenvalue weighted by Crippen LogP contribution is -2.62. The molecule has 1 aliphatic rings. The van der Waals surface area contributed by atoms with E-state index >= 15 is 0 Å². The topological polar surface area (TPSA) is 72.0 Å². The molecule has 2 heterocycles. The molecular weight excluding hydrogens is 334 g/mol. The summed E-state index contributed by atoms with van der Waals surface area (Å²) >= 11 is 0. The summed E-state index contributed by atoms with van der Waals surface area (Å²) in [6, 6.07) is 1.67. The Hall–Kier alpha value is -2.31.